The van der Waals surface area contributed by atoms with Crippen LogP contribution in [0, 0.1) is 5.82 Å². The summed E-state index contributed by atoms with van der Waals surface area (Å²) < 4.78 is 14.1. The van der Waals surface area contributed by atoms with E-state index in [4.69, 9.17) is 4.98 Å². The smallest absolute Gasteiger partial charge is 0.224 e. The van der Waals surface area contributed by atoms with E-state index >= 15 is 0 Å². The van der Waals surface area contributed by atoms with Gasteiger partial charge in [0.2, 0.25) is 5.91 Å². The number of aryl methyl sites for hydroxylation is 2. The minimum Gasteiger partial charge on any atom is -0.353 e. The molecule has 0 atom stereocenters. The number of aromatic amines is 1. The summed E-state index contributed by atoms with van der Waals surface area (Å²) in [7, 11) is 0. The summed E-state index contributed by atoms with van der Waals surface area (Å²) in [5.74, 6) is -0.294. The van der Waals surface area contributed by atoms with Gasteiger partial charge in [-0.3, -0.25) is 4.79 Å². The molecule has 0 bridgehead atoms. The van der Waals surface area contributed by atoms with Crippen molar-refractivity contribution >= 4 is 33.4 Å². The highest BCUT2D eigenvalue weighted by atomic mass is 19.1. The number of pyridine rings is 1. The predicted molar refractivity (Wildman–Crippen MR) is 136 cm³/mol. The molecule has 2 N–H and O–H groups in total. The van der Waals surface area contributed by atoms with Crippen LogP contribution in [0.25, 0.3) is 33.2 Å². The first-order chi connectivity index (χ1) is 16.6. The third kappa shape index (κ3) is 4.42. The van der Waals surface area contributed by atoms with E-state index in [1.54, 1.807) is 12.1 Å². The number of amides is 1. The number of rotatable bonds is 7. The van der Waals surface area contributed by atoms with Crippen LogP contribution in [0.3, 0.4) is 0 Å². The molecule has 0 radical (unpaired) electrons. The first-order valence-corrected chi connectivity index (χ1v) is 11.7. The third-order valence-electron chi connectivity index (χ3n) is 6.23. The van der Waals surface area contributed by atoms with Gasteiger partial charge in [-0.2, -0.15) is 0 Å². The molecule has 1 amide bonds. The van der Waals surface area contributed by atoms with Crippen LogP contribution in [0.2, 0.25) is 0 Å². The second-order valence-corrected chi connectivity index (χ2v) is 8.47. The number of benzene rings is 3. The van der Waals surface area contributed by atoms with Gasteiger partial charge < -0.3 is 10.3 Å². The topological polar surface area (TPSA) is 57.8 Å². The summed E-state index contributed by atoms with van der Waals surface area (Å²) in [5.41, 5.74) is 6.43. The highest BCUT2D eigenvalue weighted by Gasteiger charge is 2.16. The fraction of sp³-hybridized carbons (Fsp3) is 0.172. The number of anilines is 1. The molecule has 0 unspecified atom stereocenters. The Bertz CT molecular complexity index is 1490. The van der Waals surface area contributed by atoms with Crippen LogP contribution < -0.4 is 5.32 Å². The Morgan fingerprint density at radius 1 is 1.00 bits per heavy atom. The second-order valence-electron chi connectivity index (χ2n) is 8.47. The zero-order valence-corrected chi connectivity index (χ0v) is 19.1. The largest absolute Gasteiger partial charge is 0.353 e. The lowest BCUT2D eigenvalue weighted by Gasteiger charge is -2.10. The van der Waals surface area contributed by atoms with Gasteiger partial charge in [-0.05, 0) is 66.8 Å². The molecule has 2 aromatic heterocycles. The summed E-state index contributed by atoms with van der Waals surface area (Å²) in [6.07, 6.45) is 2.52. The zero-order chi connectivity index (χ0) is 23.5. The molecule has 0 aliphatic rings. The maximum absolute atomic E-state index is 14.1. The summed E-state index contributed by atoms with van der Waals surface area (Å²) >= 11 is 0. The van der Waals surface area contributed by atoms with Crippen LogP contribution in [-0.4, -0.2) is 15.9 Å². The molecule has 0 fully saturated rings. The van der Waals surface area contributed by atoms with Crippen molar-refractivity contribution in [2.45, 2.75) is 32.6 Å². The van der Waals surface area contributed by atoms with Crippen LogP contribution in [0.15, 0.2) is 78.9 Å². The molecule has 0 spiro atoms. The highest BCUT2D eigenvalue weighted by Crippen LogP contribution is 2.32. The number of aromatic nitrogens is 2. The summed E-state index contributed by atoms with van der Waals surface area (Å²) in [5, 5.41) is 4.94. The predicted octanol–water partition coefficient (Wildman–Crippen LogP) is 7.05. The molecule has 2 heterocycles. The van der Waals surface area contributed by atoms with Gasteiger partial charge in [0.05, 0.1) is 16.9 Å². The normalized spacial score (nSPS) is 11.2. The fourth-order valence-electron chi connectivity index (χ4n) is 4.49. The average Bonchev–Trinajstić information content (AvgIpc) is 3.21. The summed E-state index contributed by atoms with van der Waals surface area (Å²) in [6.45, 7) is 2.07. The Hall–Kier alpha value is -3.99. The molecule has 170 valence electrons. The van der Waals surface area contributed by atoms with Crippen molar-refractivity contribution in [3.05, 3.63) is 95.8 Å². The molecule has 34 heavy (non-hydrogen) atoms. The van der Waals surface area contributed by atoms with Gasteiger partial charge in [0, 0.05) is 28.4 Å². The highest BCUT2D eigenvalue weighted by molar-refractivity contribution is 5.93. The van der Waals surface area contributed by atoms with E-state index in [2.05, 4.69) is 17.2 Å². The van der Waals surface area contributed by atoms with Crippen molar-refractivity contribution in [1.82, 2.24) is 9.97 Å². The molecular weight excluding hydrogens is 425 g/mol. The van der Waals surface area contributed by atoms with E-state index in [0.29, 0.717) is 19.3 Å². The number of hydrogen-bond acceptors (Lipinski definition) is 2. The number of hydrogen-bond donors (Lipinski definition) is 2. The fourth-order valence-corrected chi connectivity index (χ4v) is 4.49. The van der Waals surface area contributed by atoms with Crippen molar-refractivity contribution in [2.75, 3.05) is 5.32 Å². The summed E-state index contributed by atoms with van der Waals surface area (Å²) in [6, 6.07) is 24.7. The van der Waals surface area contributed by atoms with Crippen molar-refractivity contribution in [1.29, 1.82) is 0 Å². The minimum atomic E-state index is -0.278. The first-order valence-electron chi connectivity index (χ1n) is 11.7. The lowest BCUT2D eigenvalue weighted by molar-refractivity contribution is -0.116. The van der Waals surface area contributed by atoms with Gasteiger partial charge in [-0.25, -0.2) is 9.37 Å². The van der Waals surface area contributed by atoms with Gasteiger partial charge in [0.25, 0.3) is 0 Å². The van der Waals surface area contributed by atoms with E-state index in [1.807, 2.05) is 60.7 Å². The van der Waals surface area contributed by atoms with E-state index in [1.165, 1.54) is 6.07 Å². The van der Waals surface area contributed by atoms with Crippen molar-refractivity contribution in [2.24, 2.45) is 0 Å². The lowest BCUT2D eigenvalue weighted by Crippen LogP contribution is -2.12. The second kappa shape index (κ2) is 9.48. The molecule has 5 heteroatoms. The molecule has 5 rings (SSSR count). The standard InChI is InChI=1S/C29H26FN3O/c1-2-19-8-3-5-11-24(19)32-28(34)13-7-10-22-23-18-21(30)15-17-26(23)33-29(22)27-16-14-20-9-4-6-12-25(20)31-27/h3-6,8-9,11-12,14-18,33H,2,7,10,13H2,1H3,(H,32,34). The van der Waals surface area contributed by atoms with Crippen LogP contribution in [0.4, 0.5) is 10.1 Å². The van der Waals surface area contributed by atoms with Crippen LogP contribution in [0.1, 0.15) is 30.9 Å². The van der Waals surface area contributed by atoms with E-state index < -0.39 is 0 Å². The average molecular weight is 452 g/mol. The number of H-pyrrole nitrogens is 1. The number of para-hydroxylation sites is 2. The van der Waals surface area contributed by atoms with Gasteiger partial charge in [0.15, 0.2) is 0 Å². The van der Waals surface area contributed by atoms with Crippen LogP contribution in [0.5, 0.6) is 0 Å². The van der Waals surface area contributed by atoms with E-state index in [9.17, 15) is 9.18 Å². The molecule has 4 nitrogen and oxygen atoms in total. The lowest BCUT2D eigenvalue weighted by atomic mass is 10.0. The Morgan fingerprint density at radius 2 is 1.82 bits per heavy atom. The monoisotopic (exact) mass is 451 g/mol. The number of nitrogens with zero attached hydrogens (tertiary/aromatic N) is 1. The van der Waals surface area contributed by atoms with E-state index in [0.717, 1.165) is 56.4 Å². The van der Waals surface area contributed by atoms with E-state index in [-0.39, 0.29) is 11.7 Å². The number of carbonyl (C=O) groups excluding carboxylic acids is 1. The maximum Gasteiger partial charge on any atom is 0.224 e. The Balaban J connectivity index is 1.40. The molecule has 0 saturated carbocycles. The van der Waals surface area contributed by atoms with Crippen molar-refractivity contribution < 1.29 is 9.18 Å². The molecule has 5 aromatic rings. The molecule has 0 aliphatic carbocycles. The minimum absolute atomic E-state index is 0.0164. The SMILES string of the molecule is CCc1ccccc1NC(=O)CCCc1c(-c2ccc3ccccc3n2)[nH]c2ccc(F)cc12. The third-order valence-corrected chi connectivity index (χ3v) is 6.23. The van der Waals surface area contributed by atoms with Gasteiger partial charge >= 0.3 is 0 Å². The number of halogens is 1. The Labute approximate surface area is 197 Å². The quantitative estimate of drug-likeness (QED) is 0.279. The number of fused-ring (bicyclic) bond motifs is 2. The number of carbonyl (C=O) groups is 1. The van der Waals surface area contributed by atoms with Gasteiger partial charge in [-0.15, -0.1) is 0 Å². The van der Waals surface area contributed by atoms with Crippen LogP contribution in [-0.2, 0) is 17.6 Å². The van der Waals surface area contributed by atoms with Crippen LogP contribution >= 0.6 is 0 Å². The Morgan fingerprint density at radius 3 is 2.71 bits per heavy atom. The molecular formula is C29H26FN3O. The van der Waals surface area contributed by atoms with Crippen molar-refractivity contribution in [3.63, 3.8) is 0 Å². The van der Waals surface area contributed by atoms with Crippen molar-refractivity contribution in [3.8, 4) is 11.4 Å². The zero-order valence-electron chi connectivity index (χ0n) is 19.1. The number of nitrogens with one attached hydrogen (secondary N) is 2. The maximum atomic E-state index is 14.1. The molecule has 0 aliphatic heterocycles. The molecule has 3 aromatic carbocycles. The van der Waals surface area contributed by atoms with Gasteiger partial charge in [0.1, 0.15) is 5.82 Å². The molecule has 0 saturated heterocycles. The summed E-state index contributed by atoms with van der Waals surface area (Å²) in [4.78, 5) is 20.9. The van der Waals surface area contributed by atoms with Gasteiger partial charge in [-0.1, -0.05) is 49.4 Å². The first kappa shape index (κ1) is 21.8. The Kier molecular flexibility index (Phi) is 6.09.